The van der Waals surface area contributed by atoms with Crippen molar-refractivity contribution in [3.8, 4) is 0 Å². The summed E-state index contributed by atoms with van der Waals surface area (Å²) in [6, 6.07) is 0. The molecule has 0 spiro atoms. The Morgan fingerprint density at radius 2 is 2.33 bits per heavy atom. The second kappa shape index (κ2) is 5.98. The highest BCUT2D eigenvalue weighted by molar-refractivity contribution is 7.79. The van der Waals surface area contributed by atoms with Crippen molar-refractivity contribution in [1.29, 1.82) is 0 Å². The minimum atomic E-state index is -1.60. The molecular weight excluding hydrogens is 136 g/mol. The molecule has 0 saturated carbocycles. The van der Waals surface area contributed by atoms with Crippen molar-refractivity contribution in [2.24, 2.45) is 0 Å². The normalized spacial score (nSPS) is 14.4. The maximum absolute atomic E-state index is 10.0. The molecule has 0 heterocycles. The molecule has 0 rings (SSSR count). The molecule has 0 aromatic heterocycles. The second-order valence-electron chi connectivity index (χ2n) is 1.74. The van der Waals surface area contributed by atoms with Gasteiger partial charge in [0.2, 0.25) is 0 Å². The van der Waals surface area contributed by atoms with Gasteiger partial charge in [-0.3, -0.25) is 0 Å². The fraction of sp³-hybridized carbons (Fsp3) is 0.667. The summed E-state index contributed by atoms with van der Waals surface area (Å²) in [6.45, 7) is 1.94. The number of hydrogen-bond donors (Lipinski definition) is 1. The van der Waals surface area contributed by atoms with Crippen LogP contribution in [-0.4, -0.2) is 14.5 Å². The first-order valence-electron chi connectivity index (χ1n) is 2.96. The van der Waals surface area contributed by atoms with E-state index >= 15 is 0 Å². The molecule has 3 heteroatoms. The largest absolute Gasteiger partial charge is 0.306 e. The fourth-order valence-electron chi connectivity index (χ4n) is 0.491. The molecule has 0 aliphatic rings. The summed E-state index contributed by atoms with van der Waals surface area (Å²) in [5.74, 6) is 0.393. The smallest absolute Gasteiger partial charge is 0.152 e. The van der Waals surface area contributed by atoms with Crippen molar-refractivity contribution in [3.05, 3.63) is 12.2 Å². The summed E-state index contributed by atoms with van der Waals surface area (Å²) < 4.78 is 18.3. The van der Waals surface area contributed by atoms with Crippen molar-refractivity contribution in [2.75, 3.05) is 5.75 Å². The van der Waals surface area contributed by atoms with E-state index in [0.29, 0.717) is 5.75 Å². The van der Waals surface area contributed by atoms with Gasteiger partial charge in [-0.25, -0.2) is 4.21 Å². The Morgan fingerprint density at radius 1 is 1.67 bits per heavy atom. The first kappa shape index (κ1) is 8.85. The van der Waals surface area contributed by atoms with Crippen LogP contribution in [0.5, 0.6) is 0 Å². The summed E-state index contributed by atoms with van der Waals surface area (Å²) in [7, 11) is 0. The second-order valence-corrected chi connectivity index (χ2v) is 2.79. The van der Waals surface area contributed by atoms with Crippen LogP contribution in [0.2, 0.25) is 0 Å². The molecule has 0 aliphatic heterocycles. The predicted octanol–water partition coefficient (Wildman–Crippen LogP) is 1.56. The molecule has 2 nitrogen and oxygen atoms in total. The van der Waals surface area contributed by atoms with E-state index in [0.717, 1.165) is 12.8 Å². The number of unbranched alkanes of at least 4 members (excludes halogenated alkanes) is 1. The average Bonchev–Trinajstić information content (AvgIpc) is 1.80. The zero-order valence-corrected chi connectivity index (χ0v) is 6.36. The van der Waals surface area contributed by atoms with Crippen LogP contribution in [0.1, 0.15) is 19.8 Å². The van der Waals surface area contributed by atoms with Gasteiger partial charge in [-0.1, -0.05) is 12.2 Å². The number of allylic oxidation sites excluding steroid dienone is 2. The van der Waals surface area contributed by atoms with Gasteiger partial charge in [-0.2, -0.15) is 0 Å². The van der Waals surface area contributed by atoms with Gasteiger partial charge < -0.3 is 4.55 Å². The van der Waals surface area contributed by atoms with Gasteiger partial charge >= 0.3 is 0 Å². The van der Waals surface area contributed by atoms with E-state index in [4.69, 9.17) is 4.55 Å². The average molecular weight is 148 g/mol. The van der Waals surface area contributed by atoms with Crippen molar-refractivity contribution in [3.63, 3.8) is 0 Å². The highest BCUT2D eigenvalue weighted by Crippen LogP contribution is 1.91. The maximum Gasteiger partial charge on any atom is 0.152 e. The molecule has 1 atom stereocenters. The Morgan fingerprint density at radius 3 is 2.78 bits per heavy atom. The zero-order chi connectivity index (χ0) is 7.11. The molecule has 0 fully saturated rings. The lowest BCUT2D eigenvalue weighted by atomic mass is 10.3. The minimum absolute atomic E-state index is 0.393. The summed E-state index contributed by atoms with van der Waals surface area (Å²) in [4.78, 5) is 0. The lowest BCUT2D eigenvalue weighted by Crippen LogP contribution is -1.92. The minimum Gasteiger partial charge on any atom is -0.306 e. The van der Waals surface area contributed by atoms with Crippen molar-refractivity contribution >= 4 is 11.1 Å². The first-order valence-corrected chi connectivity index (χ1v) is 4.23. The lowest BCUT2D eigenvalue weighted by Gasteiger charge is -1.89. The third-order valence-corrected chi connectivity index (χ3v) is 1.56. The van der Waals surface area contributed by atoms with E-state index < -0.39 is 11.1 Å². The van der Waals surface area contributed by atoms with Crippen LogP contribution >= 0.6 is 0 Å². The number of rotatable bonds is 4. The van der Waals surface area contributed by atoms with Gasteiger partial charge in [0.05, 0.1) is 0 Å². The van der Waals surface area contributed by atoms with E-state index in [1.54, 1.807) is 0 Å². The molecular formula is C6H12O2S. The van der Waals surface area contributed by atoms with Gasteiger partial charge in [-0.15, -0.1) is 0 Å². The quantitative estimate of drug-likeness (QED) is 0.373. The van der Waals surface area contributed by atoms with Crippen molar-refractivity contribution in [2.45, 2.75) is 19.8 Å². The van der Waals surface area contributed by atoms with Crippen molar-refractivity contribution < 1.29 is 8.76 Å². The van der Waals surface area contributed by atoms with Crippen LogP contribution in [0, 0.1) is 0 Å². The zero-order valence-electron chi connectivity index (χ0n) is 5.54. The van der Waals surface area contributed by atoms with Gasteiger partial charge in [0.15, 0.2) is 11.1 Å². The van der Waals surface area contributed by atoms with Crippen LogP contribution in [-0.2, 0) is 11.1 Å². The molecule has 0 saturated heterocycles. The van der Waals surface area contributed by atoms with Gasteiger partial charge in [-0.05, 0) is 19.8 Å². The Hall–Kier alpha value is -0.150. The highest BCUT2D eigenvalue weighted by Gasteiger charge is 1.89. The summed E-state index contributed by atoms with van der Waals surface area (Å²) in [5, 5.41) is 0. The van der Waals surface area contributed by atoms with Gasteiger partial charge in [0.25, 0.3) is 0 Å². The standard InChI is InChI=1S/C6H12O2S/c1-2-3-4-5-6-9(7)8/h2-3H,4-6H2,1H3,(H,7,8). The van der Waals surface area contributed by atoms with E-state index in [1.165, 1.54) is 0 Å². The Kier molecular flexibility index (Phi) is 5.88. The predicted molar refractivity (Wildman–Crippen MR) is 39.7 cm³/mol. The molecule has 0 bridgehead atoms. The molecule has 9 heavy (non-hydrogen) atoms. The first-order chi connectivity index (χ1) is 4.27. The van der Waals surface area contributed by atoms with Crippen molar-refractivity contribution in [1.82, 2.24) is 0 Å². The molecule has 1 unspecified atom stereocenters. The monoisotopic (exact) mass is 148 g/mol. The summed E-state index contributed by atoms with van der Waals surface area (Å²) in [5.41, 5.74) is 0. The molecule has 1 N–H and O–H groups in total. The molecule has 0 aromatic carbocycles. The Bertz CT molecular complexity index is 110. The third kappa shape index (κ3) is 7.85. The fourth-order valence-corrected chi connectivity index (χ4v) is 0.905. The van der Waals surface area contributed by atoms with Crippen LogP contribution in [0.15, 0.2) is 12.2 Å². The molecule has 0 aliphatic carbocycles. The number of hydrogen-bond acceptors (Lipinski definition) is 1. The third-order valence-electron chi connectivity index (χ3n) is 0.925. The molecule has 54 valence electrons. The van der Waals surface area contributed by atoms with Gasteiger partial charge in [0, 0.05) is 5.75 Å². The molecule has 0 aromatic rings. The topological polar surface area (TPSA) is 37.3 Å². The van der Waals surface area contributed by atoms with E-state index in [9.17, 15) is 4.21 Å². The molecule has 0 amide bonds. The lowest BCUT2D eigenvalue weighted by molar-refractivity contribution is 0.562. The Balaban J connectivity index is 3.01. The van der Waals surface area contributed by atoms with Crippen LogP contribution in [0.25, 0.3) is 0 Å². The van der Waals surface area contributed by atoms with Gasteiger partial charge in [0.1, 0.15) is 0 Å². The van der Waals surface area contributed by atoms with E-state index in [-0.39, 0.29) is 0 Å². The maximum atomic E-state index is 10.0. The van der Waals surface area contributed by atoms with Crippen LogP contribution < -0.4 is 0 Å². The highest BCUT2D eigenvalue weighted by atomic mass is 32.2. The van der Waals surface area contributed by atoms with Crippen LogP contribution in [0.3, 0.4) is 0 Å². The Labute approximate surface area is 58.3 Å². The molecule has 0 radical (unpaired) electrons. The summed E-state index contributed by atoms with van der Waals surface area (Å²) >= 11 is -1.60. The SMILES string of the molecule is CC=CCCCS(=O)O. The summed E-state index contributed by atoms with van der Waals surface area (Å²) in [6.07, 6.45) is 5.64. The van der Waals surface area contributed by atoms with Crippen LogP contribution in [0.4, 0.5) is 0 Å². The van der Waals surface area contributed by atoms with E-state index in [2.05, 4.69) is 0 Å². The van der Waals surface area contributed by atoms with E-state index in [1.807, 2.05) is 19.1 Å².